The van der Waals surface area contributed by atoms with Gasteiger partial charge in [0.25, 0.3) is 5.69 Å². The van der Waals surface area contributed by atoms with Crippen LogP contribution in [0.2, 0.25) is 0 Å². The first-order valence-corrected chi connectivity index (χ1v) is 7.70. The van der Waals surface area contributed by atoms with E-state index < -0.39 is 38.1 Å². The van der Waals surface area contributed by atoms with Crippen molar-refractivity contribution < 1.29 is 26.5 Å². The summed E-state index contributed by atoms with van der Waals surface area (Å²) in [6.07, 6.45) is -4.77. The monoisotopic (exact) mass is 330 g/mol. The molecule has 0 aliphatic heterocycles. The highest BCUT2D eigenvalue weighted by Gasteiger charge is 2.35. The third kappa shape index (κ3) is 4.98. The molecule has 0 amide bonds. The predicted molar refractivity (Wildman–Crippen MR) is 66.8 cm³/mol. The van der Waals surface area contributed by atoms with Crippen LogP contribution in [0.25, 0.3) is 0 Å². The summed E-state index contributed by atoms with van der Waals surface area (Å²) in [5, 5.41) is 15.2. The summed E-state index contributed by atoms with van der Waals surface area (Å²) in [5.41, 5.74) is -1.86. The number of nitro groups is 1. The number of rotatable bonds is 5. The molecule has 6 nitrogen and oxygen atoms in total. The Morgan fingerprint density at radius 1 is 1.35 bits per heavy atom. The number of halogens is 3. The fourth-order valence-corrected chi connectivity index (χ4v) is 3.22. The zero-order valence-electron chi connectivity index (χ0n) is 9.75. The standard InChI is InChI=1S/C9H9F3N2O4S2/c10-9(11,12)7-5-6(14(15)16)1-2-8(7)19-3-4-20(13,17)18/h1-2,5H,3-4H2,(H2,13,17,18). The van der Waals surface area contributed by atoms with Gasteiger partial charge in [0.05, 0.1) is 16.2 Å². The van der Waals surface area contributed by atoms with E-state index in [4.69, 9.17) is 5.14 Å². The zero-order valence-corrected chi connectivity index (χ0v) is 11.4. The third-order valence-electron chi connectivity index (χ3n) is 2.10. The fraction of sp³-hybridized carbons (Fsp3) is 0.333. The van der Waals surface area contributed by atoms with Gasteiger partial charge in [-0.15, -0.1) is 11.8 Å². The molecule has 112 valence electrons. The van der Waals surface area contributed by atoms with E-state index in [0.717, 1.165) is 12.1 Å². The molecule has 1 rings (SSSR count). The highest BCUT2D eigenvalue weighted by Crippen LogP contribution is 2.38. The molecule has 1 aromatic carbocycles. The van der Waals surface area contributed by atoms with Crippen LogP contribution >= 0.6 is 11.8 Å². The van der Waals surface area contributed by atoms with Crippen molar-refractivity contribution in [3.05, 3.63) is 33.9 Å². The molecule has 20 heavy (non-hydrogen) atoms. The van der Waals surface area contributed by atoms with Gasteiger partial charge in [-0.2, -0.15) is 13.2 Å². The minimum Gasteiger partial charge on any atom is -0.258 e. The second-order valence-electron chi connectivity index (χ2n) is 3.65. The van der Waals surface area contributed by atoms with E-state index in [-0.39, 0.29) is 10.6 Å². The average molecular weight is 330 g/mol. The van der Waals surface area contributed by atoms with Gasteiger partial charge in [-0.1, -0.05) is 0 Å². The highest BCUT2D eigenvalue weighted by atomic mass is 32.2. The lowest BCUT2D eigenvalue weighted by Gasteiger charge is -2.11. The van der Waals surface area contributed by atoms with Crippen molar-refractivity contribution in [1.29, 1.82) is 0 Å². The Bertz CT molecular complexity index is 616. The summed E-state index contributed by atoms with van der Waals surface area (Å²) in [5.74, 6) is -0.675. The summed E-state index contributed by atoms with van der Waals surface area (Å²) in [7, 11) is -3.77. The smallest absolute Gasteiger partial charge is 0.258 e. The Balaban J connectivity index is 3.04. The lowest BCUT2D eigenvalue weighted by Crippen LogP contribution is -2.18. The van der Waals surface area contributed by atoms with Gasteiger partial charge in [-0.3, -0.25) is 10.1 Å². The average Bonchev–Trinajstić information content (AvgIpc) is 2.25. The van der Waals surface area contributed by atoms with Crippen molar-refractivity contribution in [1.82, 2.24) is 0 Å². The quantitative estimate of drug-likeness (QED) is 0.505. The highest BCUT2D eigenvalue weighted by molar-refractivity contribution is 8.00. The molecule has 0 aliphatic rings. The van der Waals surface area contributed by atoms with Crippen LogP contribution in [0.4, 0.5) is 18.9 Å². The van der Waals surface area contributed by atoms with Crippen molar-refractivity contribution in [3.8, 4) is 0 Å². The van der Waals surface area contributed by atoms with Crippen molar-refractivity contribution >= 4 is 27.5 Å². The summed E-state index contributed by atoms with van der Waals surface area (Å²) < 4.78 is 59.7. The minimum absolute atomic E-state index is 0.181. The van der Waals surface area contributed by atoms with Gasteiger partial charge in [0.15, 0.2) is 0 Å². The molecule has 1 aromatic rings. The van der Waals surface area contributed by atoms with Gasteiger partial charge in [0, 0.05) is 22.8 Å². The number of sulfonamides is 1. The molecular weight excluding hydrogens is 321 g/mol. The minimum atomic E-state index is -4.77. The maximum Gasteiger partial charge on any atom is 0.417 e. The molecule has 0 aromatic heterocycles. The van der Waals surface area contributed by atoms with Crippen LogP contribution in [0.15, 0.2) is 23.1 Å². The first kappa shape index (κ1) is 16.7. The molecule has 11 heteroatoms. The maximum atomic E-state index is 12.8. The molecule has 0 bridgehead atoms. The van der Waals surface area contributed by atoms with Crippen molar-refractivity contribution in [2.24, 2.45) is 5.14 Å². The number of thioether (sulfide) groups is 1. The molecule has 0 heterocycles. The van der Waals surface area contributed by atoms with Crippen LogP contribution in [-0.4, -0.2) is 24.8 Å². The third-order valence-corrected chi connectivity index (χ3v) is 4.21. The first-order chi connectivity index (χ1) is 9.00. The van der Waals surface area contributed by atoms with Gasteiger partial charge in [-0.05, 0) is 6.07 Å². The molecular formula is C9H9F3N2O4S2. The molecule has 0 saturated heterocycles. The SMILES string of the molecule is NS(=O)(=O)CCSc1ccc([N+](=O)[O-])cc1C(F)(F)F. The molecule has 0 radical (unpaired) electrons. The molecule has 0 unspecified atom stereocenters. The number of nitro benzene ring substituents is 1. The zero-order chi connectivity index (χ0) is 15.6. The van der Waals surface area contributed by atoms with Crippen LogP contribution in [0.5, 0.6) is 0 Å². The number of nitrogens with zero attached hydrogens (tertiary/aromatic N) is 1. The second kappa shape index (κ2) is 5.97. The fourth-order valence-electron chi connectivity index (χ4n) is 1.25. The number of alkyl halides is 3. The number of non-ortho nitro benzene ring substituents is 1. The van der Waals surface area contributed by atoms with E-state index in [1.54, 1.807) is 0 Å². The summed E-state index contributed by atoms with van der Waals surface area (Å²) in [6, 6.07) is 2.28. The van der Waals surface area contributed by atoms with Gasteiger partial charge in [0.1, 0.15) is 0 Å². The van der Waals surface area contributed by atoms with Crippen LogP contribution in [0, 0.1) is 10.1 Å². The van der Waals surface area contributed by atoms with Crippen LogP contribution in [0.1, 0.15) is 5.56 Å². The molecule has 0 fully saturated rings. The second-order valence-corrected chi connectivity index (χ2v) is 6.52. The topological polar surface area (TPSA) is 103 Å². The lowest BCUT2D eigenvalue weighted by atomic mass is 10.2. The Morgan fingerprint density at radius 3 is 2.40 bits per heavy atom. The van der Waals surface area contributed by atoms with E-state index in [2.05, 4.69) is 0 Å². The van der Waals surface area contributed by atoms with Gasteiger partial charge >= 0.3 is 6.18 Å². The number of nitrogens with two attached hydrogens (primary N) is 1. The molecule has 0 spiro atoms. The van der Waals surface area contributed by atoms with Crippen molar-refractivity contribution in [2.75, 3.05) is 11.5 Å². The Hall–Kier alpha value is -1.33. The summed E-state index contributed by atoms with van der Waals surface area (Å²) >= 11 is 0.619. The Labute approximate surface area is 116 Å². The van der Waals surface area contributed by atoms with Gasteiger partial charge in [0.2, 0.25) is 10.0 Å². The predicted octanol–water partition coefficient (Wildman–Crippen LogP) is 1.99. The number of benzene rings is 1. The summed E-state index contributed by atoms with van der Waals surface area (Å²) in [4.78, 5) is 9.25. The summed E-state index contributed by atoms with van der Waals surface area (Å²) in [6.45, 7) is 0. The first-order valence-electron chi connectivity index (χ1n) is 4.99. The molecule has 0 aliphatic carbocycles. The lowest BCUT2D eigenvalue weighted by molar-refractivity contribution is -0.385. The molecule has 0 atom stereocenters. The van der Waals surface area contributed by atoms with Crippen LogP contribution < -0.4 is 5.14 Å². The number of hydrogen-bond donors (Lipinski definition) is 1. The van der Waals surface area contributed by atoms with Crippen LogP contribution in [0.3, 0.4) is 0 Å². The Morgan fingerprint density at radius 2 is 1.95 bits per heavy atom. The Kier molecular flexibility index (Phi) is 5.00. The van der Waals surface area contributed by atoms with E-state index in [9.17, 15) is 31.7 Å². The number of hydrogen-bond acceptors (Lipinski definition) is 5. The van der Waals surface area contributed by atoms with Gasteiger partial charge in [-0.25, -0.2) is 13.6 Å². The van der Waals surface area contributed by atoms with E-state index in [1.807, 2.05) is 0 Å². The number of primary sulfonamides is 1. The van der Waals surface area contributed by atoms with Gasteiger partial charge < -0.3 is 0 Å². The maximum absolute atomic E-state index is 12.8. The van der Waals surface area contributed by atoms with E-state index >= 15 is 0 Å². The van der Waals surface area contributed by atoms with E-state index in [0.29, 0.717) is 17.8 Å². The van der Waals surface area contributed by atoms with E-state index in [1.165, 1.54) is 0 Å². The van der Waals surface area contributed by atoms with Crippen molar-refractivity contribution in [2.45, 2.75) is 11.1 Å². The largest absolute Gasteiger partial charge is 0.417 e. The molecule has 2 N–H and O–H groups in total. The normalized spacial score (nSPS) is 12.4. The van der Waals surface area contributed by atoms with Crippen LogP contribution in [-0.2, 0) is 16.2 Å². The van der Waals surface area contributed by atoms with Crippen molar-refractivity contribution in [3.63, 3.8) is 0 Å². The molecule has 0 saturated carbocycles.